The first-order valence-electron chi connectivity index (χ1n) is 8.38. The number of aliphatic carboxylic acids is 1. The second-order valence-corrected chi connectivity index (χ2v) is 6.71. The molecule has 0 heterocycles. The molecule has 0 amide bonds. The van der Waals surface area contributed by atoms with Crippen LogP contribution in [-0.4, -0.2) is 39.7 Å². The van der Waals surface area contributed by atoms with Gasteiger partial charge in [0.15, 0.2) is 0 Å². The summed E-state index contributed by atoms with van der Waals surface area (Å²) in [5.74, 6) is -0.524. The second-order valence-electron chi connectivity index (χ2n) is 6.71. The normalized spacial score (nSPS) is 31.3. The van der Waals surface area contributed by atoms with Crippen molar-refractivity contribution in [1.29, 1.82) is 0 Å². The minimum Gasteiger partial charge on any atom is -0.479 e. The lowest BCUT2D eigenvalue weighted by molar-refractivity contribution is -0.142. The molecule has 2 fully saturated rings. The number of hydrogen-bond donors (Lipinski definition) is 3. The van der Waals surface area contributed by atoms with E-state index in [-0.39, 0.29) is 23.9 Å². The van der Waals surface area contributed by atoms with Gasteiger partial charge < -0.3 is 20.2 Å². The van der Waals surface area contributed by atoms with Crippen LogP contribution in [0.5, 0.6) is 0 Å². The number of fused-ring (bicyclic) bond motifs is 1. The van der Waals surface area contributed by atoms with E-state index >= 15 is 0 Å². The molecule has 6 heteroatoms. The van der Waals surface area contributed by atoms with E-state index in [1.54, 1.807) is 0 Å². The highest BCUT2D eigenvalue weighted by Crippen LogP contribution is 2.49. The van der Waals surface area contributed by atoms with E-state index in [9.17, 15) is 15.0 Å². The Bertz CT molecular complexity index is 603. The van der Waals surface area contributed by atoms with Crippen LogP contribution in [0, 0.1) is 17.8 Å². The van der Waals surface area contributed by atoms with Gasteiger partial charge in [-0.05, 0) is 43.1 Å². The Hall–Kier alpha value is -1.92. The van der Waals surface area contributed by atoms with Crippen LogP contribution in [0.3, 0.4) is 0 Å². The minimum absolute atomic E-state index is 0.144. The average molecular weight is 333 g/mol. The van der Waals surface area contributed by atoms with Gasteiger partial charge in [-0.25, -0.2) is 4.79 Å². The fourth-order valence-corrected chi connectivity index (χ4v) is 3.88. The third-order valence-electron chi connectivity index (χ3n) is 5.23. The van der Waals surface area contributed by atoms with E-state index in [0.29, 0.717) is 12.8 Å². The van der Waals surface area contributed by atoms with E-state index in [2.05, 4.69) is 5.16 Å². The smallest absolute Gasteiger partial charge is 0.344 e. The van der Waals surface area contributed by atoms with Crippen LogP contribution < -0.4 is 0 Å². The van der Waals surface area contributed by atoms with Gasteiger partial charge in [0, 0.05) is 5.92 Å². The summed E-state index contributed by atoms with van der Waals surface area (Å²) in [4.78, 5) is 15.2. The summed E-state index contributed by atoms with van der Waals surface area (Å²) in [6, 6.07) is 9.54. The van der Waals surface area contributed by atoms with Crippen LogP contribution in [0.15, 0.2) is 35.5 Å². The number of carbonyl (C=O) groups is 1. The van der Waals surface area contributed by atoms with E-state index in [1.807, 2.05) is 30.3 Å². The first kappa shape index (κ1) is 16.9. The Morgan fingerprint density at radius 3 is 2.79 bits per heavy atom. The summed E-state index contributed by atoms with van der Waals surface area (Å²) in [5, 5.41) is 33.1. The Labute approximate surface area is 140 Å². The lowest BCUT2D eigenvalue weighted by Crippen LogP contribution is -2.38. The second kappa shape index (κ2) is 7.32. The number of oxime groups is 1. The molecule has 130 valence electrons. The molecule has 5 unspecified atom stereocenters. The number of hydrogen-bond acceptors (Lipinski definition) is 5. The number of nitrogens with zero attached hydrogens (tertiary/aromatic N) is 1. The van der Waals surface area contributed by atoms with Gasteiger partial charge in [0.25, 0.3) is 0 Å². The van der Waals surface area contributed by atoms with Gasteiger partial charge in [-0.3, -0.25) is 0 Å². The van der Waals surface area contributed by atoms with Crippen molar-refractivity contribution < 1.29 is 25.0 Å². The zero-order valence-electron chi connectivity index (χ0n) is 13.4. The van der Waals surface area contributed by atoms with Gasteiger partial charge in [-0.2, -0.15) is 0 Å². The van der Waals surface area contributed by atoms with Crippen molar-refractivity contribution in [2.45, 2.75) is 37.9 Å². The summed E-state index contributed by atoms with van der Waals surface area (Å²) in [6.45, 7) is -0.434. The van der Waals surface area contributed by atoms with Gasteiger partial charge in [-0.1, -0.05) is 35.5 Å². The topological polar surface area (TPSA) is 99.4 Å². The zero-order valence-corrected chi connectivity index (χ0v) is 13.4. The molecular formula is C18H23NO5. The van der Waals surface area contributed by atoms with Gasteiger partial charge in [-0.15, -0.1) is 0 Å². The highest BCUT2D eigenvalue weighted by molar-refractivity contribution is 5.93. The fraction of sp³-hybridized carbons (Fsp3) is 0.556. The van der Waals surface area contributed by atoms with E-state index in [0.717, 1.165) is 24.1 Å². The average Bonchev–Trinajstić information content (AvgIpc) is 2.81. The minimum atomic E-state index is -1.05. The lowest BCUT2D eigenvalue weighted by Gasteiger charge is -2.33. The van der Waals surface area contributed by atoms with E-state index < -0.39 is 18.7 Å². The first-order chi connectivity index (χ1) is 11.6. The molecule has 0 bridgehead atoms. The summed E-state index contributed by atoms with van der Waals surface area (Å²) in [5.41, 5.74) is 1.75. The predicted octanol–water partition coefficient (Wildman–Crippen LogP) is 1.97. The van der Waals surface area contributed by atoms with Crippen molar-refractivity contribution in [3.8, 4) is 0 Å². The molecule has 0 radical (unpaired) electrons. The Balaban J connectivity index is 1.49. The first-order valence-corrected chi connectivity index (χ1v) is 8.38. The number of benzene rings is 1. The molecule has 0 aliphatic heterocycles. The third kappa shape index (κ3) is 3.60. The standard InChI is InChI=1S/C18H23NO5/c20-16(11-4-2-1-3-5-11)7-6-12-8-13-14(18(12)23)9-15(13)19-24-10-17(21)22/h1-5,12-14,16,18,20,23H,6-10H2,(H,21,22)/b19-15-. The maximum atomic E-state index is 10.4. The largest absolute Gasteiger partial charge is 0.479 e. The molecule has 1 aromatic carbocycles. The Morgan fingerprint density at radius 1 is 1.33 bits per heavy atom. The molecule has 6 nitrogen and oxygen atoms in total. The van der Waals surface area contributed by atoms with Gasteiger partial charge in [0.2, 0.25) is 6.61 Å². The molecule has 2 saturated carbocycles. The number of aliphatic hydroxyl groups is 2. The van der Waals surface area contributed by atoms with Crippen LogP contribution in [0.1, 0.15) is 37.4 Å². The van der Waals surface area contributed by atoms with Crippen molar-refractivity contribution >= 4 is 11.7 Å². The number of rotatable bonds is 7. The highest BCUT2D eigenvalue weighted by Gasteiger charge is 2.51. The maximum absolute atomic E-state index is 10.4. The molecule has 0 aromatic heterocycles. The van der Waals surface area contributed by atoms with Gasteiger partial charge in [0.1, 0.15) is 0 Å². The molecule has 1 aromatic rings. The monoisotopic (exact) mass is 333 g/mol. The van der Waals surface area contributed by atoms with Crippen LogP contribution >= 0.6 is 0 Å². The van der Waals surface area contributed by atoms with Crippen LogP contribution in [0.2, 0.25) is 0 Å². The molecule has 2 aliphatic rings. The predicted molar refractivity (Wildman–Crippen MR) is 87.4 cm³/mol. The molecule has 24 heavy (non-hydrogen) atoms. The summed E-state index contributed by atoms with van der Waals surface area (Å²) in [7, 11) is 0. The van der Waals surface area contributed by atoms with Crippen LogP contribution in [-0.2, 0) is 9.63 Å². The molecule has 2 aliphatic carbocycles. The number of aliphatic hydroxyl groups excluding tert-OH is 2. The Kier molecular flexibility index (Phi) is 5.16. The molecule has 3 rings (SSSR count). The van der Waals surface area contributed by atoms with Crippen LogP contribution in [0.25, 0.3) is 0 Å². The van der Waals surface area contributed by atoms with E-state index in [1.165, 1.54) is 0 Å². The summed E-state index contributed by atoms with van der Waals surface area (Å²) >= 11 is 0. The van der Waals surface area contributed by atoms with Crippen molar-refractivity contribution in [3.63, 3.8) is 0 Å². The quantitative estimate of drug-likeness (QED) is 0.663. The van der Waals surface area contributed by atoms with Crippen molar-refractivity contribution in [3.05, 3.63) is 35.9 Å². The molecule has 5 atom stereocenters. The highest BCUT2D eigenvalue weighted by atomic mass is 16.6. The number of carboxylic acids is 1. The van der Waals surface area contributed by atoms with Crippen molar-refractivity contribution in [2.24, 2.45) is 22.9 Å². The number of carboxylic acid groups (broad SMARTS) is 1. The molecule has 0 spiro atoms. The zero-order chi connectivity index (χ0) is 17.1. The Morgan fingerprint density at radius 2 is 2.08 bits per heavy atom. The van der Waals surface area contributed by atoms with Crippen molar-refractivity contribution in [1.82, 2.24) is 0 Å². The SMILES string of the molecule is O=C(O)CO/N=C1/CC2C1CC(CCC(O)c1ccccc1)C2O. The maximum Gasteiger partial charge on any atom is 0.344 e. The molecule has 3 N–H and O–H groups in total. The molecule has 0 saturated heterocycles. The lowest BCUT2D eigenvalue weighted by atomic mass is 9.73. The third-order valence-corrected chi connectivity index (χ3v) is 5.23. The molecular weight excluding hydrogens is 310 g/mol. The summed E-state index contributed by atoms with van der Waals surface area (Å²) in [6.07, 6.45) is 1.98. The van der Waals surface area contributed by atoms with Gasteiger partial charge >= 0.3 is 5.97 Å². The van der Waals surface area contributed by atoms with Crippen molar-refractivity contribution in [2.75, 3.05) is 6.61 Å². The van der Waals surface area contributed by atoms with Gasteiger partial charge in [0.05, 0.1) is 17.9 Å². The fourth-order valence-electron chi connectivity index (χ4n) is 3.88. The van der Waals surface area contributed by atoms with E-state index in [4.69, 9.17) is 9.94 Å². The summed E-state index contributed by atoms with van der Waals surface area (Å²) < 4.78 is 0. The van der Waals surface area contributed by atoms with Crippen LogP contribution in [0.4, 0.5) is 0 Å².